The molecule has 100 valence electrons. The molecule has 1 saturated heterocycles. The van der Waals surface area contributed by atoms with E-state index in [2.05, 4.69) is 20.8 Å². The van der Waals surface area contributed by atoms with Gasteiger partial charge in [-0.2, -0.15) is 0 Å². The van der Waals surface area contributed by atoms with Crippen molar-refractivity contribution in [3.05, 3.63) is 0 Å². The molecule has 0 bridgehead atoms. The molecular formula is C14H27NO2. The Bertz CT molecular complexity index is 251. The lowest BCUT2D eigenvalue weighted by Crippen LogP contribution is -2.49. The van der Waals surface area contributed by atoms with Crippen molar-refractivity contribution in [3.63, 3.8) is 0 Å². The minimum absolute atomic E-state index is 0.222. The molecular weight excluding hydrogens is 214 g/mol. The van der Waals surface area contributed by atoms with Gasteiger partial charge in [-0.1, -0.05) is 27.2 Å². The van der Waals surface area contributed by atoms with Gasteiger partial charge < -0.3 is 15.2 Å². The van der Waals surface area contributed by atoms with E-state index >= 15 is 0 Å². The van der Waals surface area contributed by atoms with E-state index in [1.807, 2.05) is 0 Å². The highest BCUT2D eigenvalue weighted by molar-refractivity contribution is 4.90. The smallest absolute Gasteiger partial charge is 0.105 e. The summed E-state index contributed by atoms with van der Waals surface area (Å²) in [5, 5.41) is 0. The maximum Gasteiger partial charge on any atom is 0.105 e. The number of ether oxygens (including phenoxy) is 2. The molecule has 3 nitrogen and oxygen atoms in total. The highest BCUT2D eigenvalue weighted by atomic mass is 16.6. The summed E-state index contributed by atoms with van der Waals surface area (Å²) in [5.41, 5.74) is 6.60. The van der Waals surface area contributed by atoms with Crippen molar-refractivity contribution in [3.8, 4) is 0 Å². The van der Waals surface area contributed by atoms with E-state index in [9.17, 15) is 0 Å². The second-order valence-electron chi connectivity index (χ2n) is 6.35. The first-order chi connectivity index (χ1) is 8.03. The zero-order chi connectivity index (χ0) is 12.5. The van der Waals surface area contributed by atoms with Crippen LogP contribution in [0.3, 0.4) is 0 Å². The summed E-state index contributed by atoms with van der Waals surface area (Å²) in [6.45, 7) is 8.54. The van der Waals surface area contributed by atoms with Gasteiger partial charge in [-0.15, -0.1) is 0 Å². The van der Waals surface area contributed by atoms with Crippen LogP contribution in [0.4, 0.5) is 0 Å². The summed E-state index contributed by atoms with van der Waals surface area (Å²) in [5.74, 6) is 0.748. The molecule has 17 heavy (non-hydrogen) atoms. The number of hydrogen-bond acceptors (Lipinski definition) is 3. The number of rotatable bonds is 4. The molecule has 0 aromatic heterocycles. The van der Waals surface area contributed by atoms with Crippen LogP contribution in [0.2, 0.25) is 0 Å². The standard InChI is InChI=1S/C14H27NO2/c1-4-14(2,3)10-5-6-12(15)13(7-10)17-11-8-16-9-11/h10-13H,4-9,15H2,1-3H3. The Morgan fingerprint density at radius 1 is 1.29 bits per heavy atom. The normalized spacial score (nSPS) is 35.6. The molecule has 3 atom stereocenters. The zero-order valence-electron chi connectivity index (χ0n) is 11.4. The van der Waals surface area contributed by atoms with Crippen molar-refractivity contribution < 1.29 is 9.47 Å². The highest BCUT2D eigenvalue weighted by Gasteiger charge is 2.38. The fraction of sp³-hybridized carbons (Fsp3) is 1.00. The first-order valence-electron chi connectivity index (χ1n) is 7.01. The predicted molar refractivity (Wildman–Crippen MR) is 68.9 cm³/mol. The Morgan fingerprint density at radius 2 is 2.00 bits per heavy atom. The molecule has 1 heterocycles. The van der Waals surface area contributed by atoms with Gasteiger partial charge in [0.1, 0.15) is 6.10 Å². The average molecular weight is 241 g/mol. The van der Waals surface area contributed by atoms with Gasteiger partial charge in [0.2, 0.25) is 0 Å². The molecule has 1 aliphatic carbocycles. The fourth-order valence-electron chi connectivity index (χ4n) is 2.85. The molecule has 2 aliphatic rings. The van der Waals surface area contributed by atoms with Crippen molar-refractivity contribution in [2.45, 2.75) is 64.7 Å². The van der Waals surface area contributed by atoms with Gasteiger partial charge in [0.05, 0.1) is 19.3 Å². The third-order valence-electron chi connectivity index (χ3n) is 4.83. The SMILES string of the molecule is CCC(C)(C)C1CCC(N)C(OC2COC2)C1. The fourth-order valence-corrected chi connectivity index (χ4v) is 2.85. The third-order valence-corrected chi connectivity index (χ3v) is 4.83. The summed E-state index contributed by atoms with van der Waals surface area (Å²) < 4.78 is 11.2. The minimum Gasteiger partial charge on any atom is -0.376 e. The minimum atomic E-state index is 0.222. The van der Waals surface area contributed by atoms with E-state index in [0.717, 1.165) is 32.0 Å². The molecule has 0 aromatic rings. The molecule has 2 rings (SSSR count). The van der Waals surface area contributed by atoms with Gasteiger partial charge in [-0.25, -0.2) is 0 Å². The second kappa shape index (κ2) is 5.25. The van der Waals surface area contributed by atoms with Crippen molar-refractivity contribution >= 4 is 0 Å². The predicted octanol–water partition coefficient (Wildman–Crippen LogP) is 2.33. The van der Waals surface area contributed by atoms with E-state index in [4.69, 9.17) is 15.2 Å². The number of nitrogens with two attached hydrogens (primary N) is 1. The number of hydrogen-bond donors (Lipinski definition) is 1. The zero-order valence-corrected chi connectivity index (χ0v) is 11.4. The van der Waals surface area contributed by atoms with Crippen LogP contribution < -0.4 is 5.73 Å². The lowest BCUT2D eigenvalue weighted by atomic mass is 9.68. The van der Waals surface area contributed by atoms with Crippen LogP contribution >= 0.6 is 0 Å². The highest BCUT2D eigenvalue weighted by Crippen LogP contribution is 2.41. The van der Waals surface area contributed by atoms with Gasteiger partial charge in [0, 0.05) is 6.04 Å². The van der Waals surface area contributed by atoms with Crippen LogP contribution in [-0.2, 0) is 9.47 Å². The van der Waals surface area contributed by atoms with E-state index in [1.54, 1.807) is 0 Å². The van der Waals surface area contributed by atoms with Crippen LogP contribution in [-0.4, -0.2) is 31.5 Å². The lowest BCUT2D eigenvalue weighted by Gasteiger charge is -2.43. The quantitative estimate of drug-likeness (QED) is 0.821. The van der Waals surface area contributed by atoms with Crippen LogP contribution in [0, 0.1) is 11.3 Å². The van der Waals surface area contributed by atoms with Crippen LogP contribution in [0.1, 0.15) is 46.5 Å². The van der Waals surface area contributed by atoms with Crippen molar-refractivity contribution in [2.75, 3.05) is 13.2 Å². The van der Waals surface area contributed by atoms with Crippen LogP contribution in [0.5, 0.6) is 0 Å². The summed E-state index contributed by atoms with van der Waals surface area (Å²) in [6, 6.07) is 0.222. The second-order valence-corrected chi connectivity index (χ2v) is 6.35. The van der Waals surface area contributed by atoms with Gasteiger partial charge >= 0.3 is 0 Å². The molecule has 3 heteroatoms. The molecule has 0 amide bonds. The molecule has 1 saturated carbocycles. The van der Waals surface area contributed by atoms with Crippen molar-refractivity contribution in [2.24, 2.45) is 17.1 Å². The molecule has 0 spiro atoms. The summed E-state index contributed by atoms with van der Waals surface area (Å²) in [7, 11) is 0. The van der Waals surface area contributed by atoms with E-state index in [-0.39, 0.29) is 12.1 Å². The molecule has 1 aliphatic heterocycles. The topological polar surface area (TPSA) is 44.5 Å². The first kappa shape index (κ1) is 13.3. The Hall–Kier alpha value is -0.120. The van der Waals surface area contributed by atoms with E-state index in [1.165, 1.54) is 12.8 Å². The van der Waals surface area contributed by atoms with Gasteiger partial charge in [0.15, 0.2) is 0 Å². The average Bonchev–Trinajstić information content (AvgIpc) is 2.25. The molecule has 2 N–H and O–H groups in total. The summed E-state index contributed by atoms with van der Waals surface area (Å²) >= 11 is 0. The maximum atomic E-state index is 6.19. The largest absolute Gasteiger partial charge is 0.376 e. The molecule has 3 unspecified atom stereocenters. The molecule has 2 fully saturated rings. The third kappa shape index (κ3) is 3.01. The first-order valence-corrected chi connectivity index (χ1v) is 7.01. The Labute approximate surface area is 105 Å². The summed E-state index contributed by atoms with van der Waals surface area (Å²) in [6.07, 6.45) is 5.25. The van der Waals surface area contributed by atoms with Crippen LogP contribution in [0.15, 0.2) is 0 Å². The van der Waals surface area contributed by atoms with Crippen molar-refractivity contribution in [1.82, 2.24) is 0 Å². The summed E-state index contributed by atoms with van der Waals surface area (Å²) in [4.78, 5) is 0. The van der Waals surface area contributed by atoms with Crippen LogP contribution in [0.25, 0.3) is 0 Å². The lowest BCUT2D eigenvalue weighted by molar-refractivity contribution is -0.169. The van der Waals surface area contributed by atoms with Crippen molar-refractivity contribution in [1.29, 1.82) is 0 Å². The molecule has 0 radical (unpaired) electrons. The van der Waals surface area contributed by atoms with Gasteiger partial charge in [0.25, 0.3) is 0 Å². The molecule has 0 aromatic carbocycles. The Morgan fingerprint density at radius 3 is 2.53 bits per heavy atom. The Kier molecular flexibility index (Phi) is 4.11. The van der Waals surface area contributed by atoms with Gasteiger partial charge in [-0.05, 0) is 30.6 Å². The van der Waals surface area contributed by atoms with E-state index in [0.29, 0.717) is 11.5 Å². The van der Waals surface area contributed by atoms with E-state index < -0.39 is 0 Å². The Balaban J connectivity index is 1.91. The van der Waals surface area contributed by atoms with Gasteiger partial charge in [-0.3, -0.25) is 0 Å². The maximum absolute atomic E-state index is 6.19. The monoisotopic (exact) mass is 241 g/mol.